The predicted octanol–water partition coefficient (Wildman–Crippen LogP) is 2.69. The van der Waals surface area contributed by atoms with E-state index in [1.54, 1.807) is 24.1 Å². The molecule has 3 aliphatic rings. The van der Waals surface area contributed by atoms with Gasteiger partial charge in [0.1, 0.15) is 0 Å². The van der Waals surface area contributed by atoms with Crippen molar-refractivity contribution in [2.24, 2.45) is 4.99 Å². The fourth-order valence-electron chi connectivity index (χ4n) is 3.98. The Balaban J connectivity index is 1.68. The lowest BCUT2D eigenvalue weighted by Gasteiger charge is -2.40. The number of hydrogen-bond acceptors (Lipinski definition) is 5. The van der Waals surface area contributed by atoms with Crippen molar-refractivity contribution in [3.8, 4) is 0 Å². The molecule has 142 valence electrons. The lowest BCUT2D eigenvalue weighted by molar-refractivity contribution is -0.137. The number of aliphatic imine (C=N–C) groups is 1. The van der Waals surface area contributed by atoms with E-state index in [4.69, 9.17) is 16.6 Å². The zero-order valence-electron chi connectivity index (χ0n) is 15.8. The molecule has 3 aliphatic heterocycles. The van der Waals surface area contributed by atoms with Gasteiger partial charge in [-0.15, -0.1) is 0 Å². The summed E-state index contributed by atoms with van der Waals surface area (Å²) in [6.07, 6.45) is -0.501. The maximum Gasteiger partial charge on any atom is 0.328 e. The van der Waals surface area contributed by atoms with Crippen LogP contribution >= 0.6 is 11.6 Å². The lowest BCUT2D eigenvalue weighted by atomic mass is 10.1. The Hall–Kier alpha value is -2.54. The number of urea groups is 1. The fraction of sp³-hybridized carbons (Fsp3) is 0.421. The second kappa shape index (κ2) is 6.27. The molecule has 1 aromatic carbocycles. The first-order valence-corrected chi connectivity index (χ1v) is 9.37. The smallest absolute Gasteiger partial charge is 0.315 e. The van der Waals surface area contributed by atoms with E-state index >= 15 is 0 Å². The molecule has 1 fully saturated rings. The van der Waals surface area contributed by atoms with Crippen LogP contribution in [0.4, 0.5) is 4.79 Å². The maximum atomic E-state index is 13.3. The van der Waals surface area contributed by atoms with E-state index in [1.165, 1.54) is 4.90 Å². The summed E-state index contributed by atoms with van der Waals surface area (Å²) >= 11 is 5.94. The molecular weight excluding hydrogens is 366 g/mol. The minimum absolute atomic E-state index is 0.213. The Bertz CT molecular complexity index is 879. The highest BCUT2D eigenvalue weighted by Gasteiger charge is 2.55. The van der Waals surface area contributed by atoms with Gasteiger partial charge in [-0.05, 0) is 38.5 Å². The number of imide groups is 1. The molecule has 1 aromatic rings. The van der Waals surface area contributed by atoms with E-state index in [0.29, 0.717) is 5.02 Å². The van der Waals surface area contributed by atoms with Crippen LogP contribution < -0.4 is 0 Å². The Morgan fingerprint density at radius 3 is 2.37 bits per heavy atom. The monoisotopic (exact) mass is 387 g/mol. The summed E-state index contributed by atoms with van der Waals surface area (Å²) in [6, 6.07) is 6.32. The summed E-state index contributed by atoms with van der Waals surface area (Å²) in [4.78, 5) is 37.8. The van der Waals surface area contributed by atoms with Gasteiger partial charge in [-0.3, -0.25) is 14.6 Å². The van der Waals surface area contributed by atoms with Gasteiger partial charge in [0.15, 0.2) is 12.2 Å². The quantitative estimate of drug-likeness (QED) is 0.800. The predicted molar refractivity (Wildman–Crippen MR) is 103 cm³/mol. The lowest BCUT2D eigenvalue weighted by Crippen LogP contribution is -2.64. The zero-order chi connectivity index (χ0) is 19.5. The summed E-state index contributed by atoms with van der Waals surface area (Å²) in [5.74, 6) is 0.533. The molecule has 0 radical (unpaired) electrons. The molecule has 0 aromatic heterocycles. The molecule has 3 heterocycles. The number of carbonyl (C=O) groups excluding carboxylic acids is 2. The molecule has 27 heavy (non-hydrogen) atoms. The zero-order valence-corrected chi connectivity index (χ0v) is 16.6. The van der Waals surface area contributed by atoms with Crippen LogP contribution in [0.25, 0.3) is 0 Å². The van der Waals surface area contributed by atoms with Gasteiger partial charge in [0.2, 0.25) is 5.96 Å². The van der Waals surface area contributed by atoms with E-state index in [-0.39, 0.29) is 18.5 Å². The Morgan fingerprint density at radius 1 is 1.07 bits per heavy atom. The maximum absolute atomic E-state index is 13.3. The average Bonchev–Trinajstić information content (AvgIpc) is 3.14. The molecule has 3 amide bonds. The van der Waals surface area contributed by atoms with Crippen LogP contribution in [0.2, 0.25) is 5.02 Å². The second-order valence-electron chi connectivity index (χ2n) is 7.02. The number of allylic oxidation sites excluding steroid dienone is 2. The van der Waals surface area contributed by atoms with Crippen molar-refractivity contribution in [3.05, 3.63) is 46.2 Å². The van der Waals surface area contributed by atoms with Gasteiger partial charge >= 0.3 is 6.03 Å². The van der Waals surface area contributed by atoms with Crippen LogP contribution in [-0.2, 0) is 11.3 Å². The number of rotatable bonds is 3. The summed E-state index contributed by atoms with van der Waals surface area (Å²) in [6.45, 7) is 7.05. The number of benzene rings is 1. The van der Waals surface area contributed by atoms with E-state index in [9.17, 15) is 9.59 Å². The van der Waals surface area contributed by atoms with Gasteiger partial charge in [0.05, 0.1) is 6.54 Å². The largest absolute Gasteiger partial charge is 0.328 e. The summed E-state index contributed by atoms with van der Waals surface area (Å²) < 4.78 is 0. The molecule has 0 bridgehead atoms. The number of nitrogens with zero attached hydrogens (tertiary/aromatic N) is 5. The van der Waals surface area contributed by atoms with Gasteiger partial charge < -0.3 is 9.80 Å². The highest BCUT2D eigenvalue weighted by atomic mass is 35.5. The van der Waals surface area contributed by atoms with E-state index in [1.807, 2.05) is 37.8 Å². The minimum Gasteiger partial charge on any atom is -0.315 e. The van der Waals surface area contributed by atoms with Crippen LogP contribution in [-0.4, -0.2) is 63.3 Å². The molecule has 4 rings (SSSR count). The third-order valence-corrected chi connectivity index (χ3v) is 5.83. The molecule has 0 saturated carbocycles. The second-order valence-corrected chi connectivity index (χ2v) is 7.45. The Labute approximate surface area is 163 Å². The van der Waals surface area contributed by atoms with Crippen molar-refractivity contribution in [1.82, 2.24) is 19.6 Å². The van der Waals surface area contributed by atoms with Gasteiger partial charge in [-0.25, -0.2) is 9.79 Å². The van der Waals surface area contributed by atoms with Crippen LogP contribution in [0.1, 0.15) is 26.3 Å². The van der Waals surface area contributed by atoms with Crippen molar-refractivity contribution in [2.75, 3.05) is 13.6 Å². The van der Waals surface area contributed by atoms with Crippen molar-refractivity contribution in [3.63, 3.8) is 0 Å². The molecule has 0 spiro atoms. The molecule has 0 N–H and O–H groups in total. The van der Waals surface area contributed by atoms with Crippen molar-refractivity contribution in [2.45, 2.75) is 39.5 Å². The van der Waals surface area contributed by atoms with E-state index in [2.05, 4.69) is 4.90 Å². The average molecular weight is 388 g/mol. The fourth-order valence-corrected chi connectivity index (χ4v) is 4.10. The number of hydrogen-bond donors (Lipinski definition) is 0. The number of guanidine groups is 1. The van der Waals surface area contributed by atoms with Crippen LogP contribution in [0.5, 0.6) is 0 Å². The van der Waals surface area contributed by atoms with E-state index < -0.39 is 12.2 Å². The van der Waals surface area contributed by atoms with Crippen LogP contribution in [0.15, 0.2) is 40.7 Å². The molecule has 0 aliphatic carbocycles. The number of fused-ring (bicyclic) bond motifs is 3. The first kappa shape index (κ1) is 17.9. The number of halogens is 1. The number of amides is 3. The number of carbonyl (C=O) groups is 2. The van der Waals surface area contributed by atoms with Gasteiger partial charge in [-0.1, -0.05) is 23.7 Å². The molecule has 7 nitrogen and oxygen atoms in total. The van der Waals surface area contributed by atoms with E-state index in [0.717, 1.165) is 29.5 Å². The minimum atomic E-state index is -0.526. The van der Waals surface area contributed by atoms with Crippen molar-refractivity contribution >= 4 is 29.5 Å². The SMILES string of the molecule is CCN1C2=NC3C(C(=O)N(Cc4ccc(Cl)cc4)C(=O)N3C)N2C(C)=C1C. The highest BCUT2D eigenvalue weighted by Crippen LogP contribution is 2.37. The Kier molecular flexibility index (Phi) is 4.14. The normalized spacial score (nSPS) is 24.7. The first-order valence-electron chi connectivity index (χ1n) is 8.99. The van der Waals surface area contributed by atoms with Crippen LogP contribution in [0, 0.1) is 0 Å². The first-order chi connectivity index (χ1) is 12.8. The summed E-state index contributed by atoms with van der Waals surface area (Å²) in [5.41, 5.74) is 2.95. The van der Waals surface area contributed by atoms with Gasteiger partial charge in [0, 0.05) is 30.0 Å². The van der Waals surface area contributed by atoms with Crippen LogP contribution in [0.3, 0.4) is 0 Å². The molecule has 2 unspecified atom stereocenters. The molecule has 2 atom stereocenters. The van der Waals surface area contributed by atoms with Crippen molar-refractivity contribution < 1.29 is 9.59 Å². The highest BCUT2D eigenvalue weighted by molar-refractivity contribution is 6.30. The topological polar surface area (TPSA) is 59.5 Å². The number of likely N-dealkylation sites (N-methyl/N-ethyl adjacent to an activating group) is 1. The van der Waals surface area contributed by atoms with Gasteiger partial charge in [-0.2, -0.15) is 0 Å². The molecule has 1 saturated heterocycles. The third-order valence-electron chi connectivity index (χ3n) is 5.57. The van der Waals surface area contributed by atoms with Crippen molar-refractivity contribution in [1.29, 1.82) is 0 Å². The summed E-state index contributed by atoms with van der Waals surface area (Å²) in [7, 11) is 1.70. The molecular formula is C19H22ClN5O2. The third kappa shape index (κ3) is 2.52. The molecule has 8 heteroatoms. The Morgan fingerprint density at radius 2 is 1.74 bits per heavy atom. The standard InChI is InChI=1S/C19H22ClN5O2/c1-5-23-11(2)12(3)25-15-16(21-18(23)25)22(4)19(27)24(17(15)26)10-13-6-8-14(20)9-7-13/h6-9,15-16H,5,10H2,1-4H3. The summed E-state index contributed by atoms with van der Waals surface area (Å²) in [5, 5.41) is 0.619. The van der Waals surface area contributed by atoms with Gasteiger partial charge in [0.25, 0.3) is 5.91 Å².